The van der Waals surface area contributed by atoms with Crippen LogP contribution in [0.5, 0.6) is 0 Å². The Morgan fingerprint density at radius 2 is 1.69 bits per heavy atom. The Balaban J connectivity index is 1.42. The van der Waals surface area contributed by atoms with E-state index in [0.29, 0.717) is 0 Å². The molecule has 1 N–H and O–H groups in total. The van der Waals surface area contributed by atoms with Gasteiger partial charge in [0.05, 0.1) is 0 Å². The van der Waals surface area contributed by atoms with E-state index in [-0.39, 0.29) is 0 Å². The van der Waals surface area contributed by atoms with Crippen LogP contribution in [0, 0.1) is 0 Å². The zero-order chi connectivity index (χ0) is 18.2. The summed E-state index contributed by atoms with van der Waals surface area (Å²) >= 11 is 5.59. The summed E-state index contributed by atoms with van der Waals surface area (Å²) in [6.45, 7) is 7.17. The van der Waals surface area contributed by atoms with Gasteiger partial charge in [0.1, 0.15) is 0 Å². The Labute approximate surface area is 162 Å². The van der Waals surface area contributed by atoms with E-state index in [9.17, 15) is 0 Å². The van der Waals surface area contributed by atoms with Gasteiger partial charge in [0.25, 0.3) is 0 Å². The second-order valence-electron chi connectivity index (χ2n) is 6.58. The maximum absolute atomic E-state index is 5.59. The van der Waals surface area contributed by atoms with Crippen molar-refractivity contribution < 1.29 is 0 Å². The maximum atomic E-state index is 5.59. The summed E-state index contributed by atoms with van der Waals surface area (Å²) in [5.41, 5.74) is 3.67. The van der Waals surface area contributed by atoms with Crippen LogP contribution in [-0.4, -0.2) is 47.6 Å². The zero-order valence-corrected chi connectivity index (χ0v) is 16.2. The van der Waals surface area contributed by atoms with Gasteiger partial charge in [-0.3, -0.25) is 4.90 Å². The molecule has 1 aliphatic heterocycles. The van der Waals surface area contributed by atoms with Gasteiger partial charge in [-0.1, -0.05) is 61.5 Å². The predicted octanol–water partition coefficient (Wildman–Crippen LogP) is 4.28. The van der Waals surface area contributed by atoms with Crippen LogP contribution < -0.4 is 5.32 Å². The minimum Gasteiger partial charge on any atom is -0.346 e. The SMILES string of the molecule is CCc1ccc(NC(=S)N2CCN(CC=Cc3ccccc3)CC2)cc1. The quantitative estimate of drug-likeness (QED) is 0.797. The van der Waals surface area contributed by atoms with Crippen molar-refractivity contribution in [2.75, 3.05) is 38.0 Å². The average Bonchev–Trinajstić information content (AvgIpc) is 2.70. The first-order valence-electron chi connectivity index (χ1n) is 9.33. The third-order valence-electron chi connectivity index (χ3n) is 4.75. The second-order valence-corrected chi connectivity index (χ2v) is 6.97. The number of hydrogen-bond donors (Lipinski definition) is 1. The van der Waals surface area contributed by atoms with Gasteiger partial charge in [0, 0.05) is 38.4 Å². The van der Waals surface area contributed by atoms with Crippen molar-refractivity contribution in [1.29, 1.82) is 0 Å². The van der Waals surface area contributed by atoms with E-state index in [1.54, 1.807) is 0 Å². The highest BCUT2D eigenvalue weighted by Crippen LogP contribution is 2.12. The van der Waals surface area contributed by atoms with E-state index >= 15 is 0 Å². The first-order chi connectivity index (χ1) is 12.7. The fourth-order valence-electron chi connectivity index (χ4n) is 3.06. The summed E-state index contributed by atoms with van der Waals surface area (Å²) in [5.74, 6) is 0. The van der Waals surface area contributed by atoms with E-state index in [1.165, 1.54) is 11.1 Å². The molecule has 1 heterocycles. The molecule has 0 amide bonds. The third kappa shape index (κ3) is 5.41. The molecule has 0 radical (unpaired) electrons. The Bertz CT molecular complexity index is 717. The van der Waals surface area contributed by atoms with E-state index < -0.39 is 0 Å². The van der Waals surface area contributed by atoms with Crippen molar-refractivity contribution in [3.05, 3.63) is 71.8 Å². The van der Waals surface area contributed by atoms with Gasteiger partial charge in [-0.2, -0.15) is 0 Å². The average molecular weight is 366 g/mol. The van der Waals surface area contributed by atoms with Crippen LogP contribution in [0.3, 0.4) is 0 Å². The molecule has 1 aliphatic rings. The second kappa shape index (κ2) is 9.51. The van der Waals surface area contributed by atoms with Gasteiger partial charge in [0.15, 0.2) is 5.11 Å². The fraction of sp³-hybridized carbons (Fsp3) is 0.318. The van der Waals surface area contributed by atoms with Crippen molar-refractivity contribution >= 4 is 29.1 Å². The summed E-state index contributed by atoms with van der Waals surface area (Å²) in [7, 11) is 0. The summed E-state index contributed by atoms with van der Waals surface area (Å²) in [6, 6.07) is 19.0. The molecule has 0 aliphatic carbocycles. The molecule has 1 saturated heterocycles. The van der Waals surface area contributed by atoms with Crippen molar-refractivity contribution in [2.24, 2.45) is 0 Å². The zero-order valence-electron chi connectivity index (χ0n) is 15.4. The standard InChI is InChI=1S/C22H27N3S/c1-2-19-10-12-21(13-11-19)23-22(26)25-17-15-24(16-18-25)14-6-9-20-7-4-3-5-8-20/h3-13H,2,14-18H2,1H3,(H,23,26). The topological polar surface area (TPSA) is 18.5 Å². The summed E-state index contributed by atoms with van der Waals surface area (Å²) in [5, 5.41) is 4.19. The number of anilines is 1. The van der Waals surface area contributed by atoms with E-state index in [1.807, 2.05) is 6.07 Å². The minimum absolute atomic E-state index is 0.828. The normalized spacial score (nSPS) is 15.3. The molecule has 4 heteroatoms. The molecule has 3 rings (SSSR count). The van der Waals surface area contributed by atoms with Crippen LogP contribution in [-0.2, 0) is 6.42 Å². The highest BCUT2D eigenvalue weighted by atomic mass is 32.1. The van der Waals surface area contributed by atoms with Gasteiger partial charge in [-0.15, -0.1) is 0 Å². The fourth-order valence-corrected chi connectivity index (χ4v) is 3.36. The monoisotopic (exact) mass is 365 g/mol. The Hall–Kier alpha value is -2.17. The smallest absolute Gasteiger partial charge is 0.173 e. The van der Waals surface area contributed by atoms with Gasteiger partial charge in [0.2, 0.25) is 0 Å². The van der Waals surface area contributed by atoms with Crippen molar-refractivity contribution in [3.8, 4) is 0 Å². The molecule has 0 saturated carbocycles. The van der Waals surface area contributed by atoms with Crippen LogP contribution in [0.2, 0.25) is 0 Å². The van der Waals surface area contributed by atoms with Crippen LogP contribution >= 0.6 is 12.2 Å². The van der Waals surface area contributed by atoms with Crippen molar-refractivity contribution in [3.63, 3.8) is 0 Å². The minimum atomic E-state index is 0.828. The lowest BCUT2D eigenvalue weighted by Crippen LogP contribution is -2.49. The molecular weight excluding hydrogens is 338 g/mol. The molecule has 26 heavy (non-hydrogen) atoms. The number of hydrogen-bond acceptors (Lipinski definition) is 2. The number of aryl methyl sites for hydroxylation is 1. The number of benzene rings is 2. The van der Waals surface area contributed by atoms with Crippen LogP contribution in [0.1, 0.15) is 18.1 Å². The molecule has 0 bridgehead atoms. The molecule has 1 fully saturated rings. The highest BCUT2D eigenvalue weighted by Gasteiger charge is 2.18. The predicted molar refractivity (Wildman–Crippen MR) is 116 cm³/mol. The molecule has 136 valence electrons. The first kappa shape index (κ1) is 18.6. The Morgan fingerprint density at radius 3 is 2.35 bits per heavy atom. The van der Waals surface area contributed by atoms with Crippen molar-refractivity contribution in [1.82, 2.24) is 9.80 Å². The van der Waals surface area contributed by atoms with E-state index in [4.69, 9.17) is 12.2 Å². The number of rotatable bonds is 5. The maximum Gasteiger partial charge on any atom is 0.173 e. The lowest BCUT2D eigenvalue weighted by Gasteiger charge is -2.35. The van der Waals surface area contributed by atoms with Gasteiger partial charge in [-0.25, -0.2) is 0 Å². The van der Waals surface area contributed by atoms with Gasteiger partial charge >= 0.3 is 0 Å². The molecule has 0 atom stereocenters. The highest BCUT2D eigenvalue weighted by molar-refractivity contribution is 7.80. The third-order valence-corrected chi connectivity index (χ3v) is 5.11. The summed E-state index contributed by atoms with van der Waals surface area (Å²) in [4.78, 5) is 4.73. The molecule has 0 aromatic heterocycles. The van der Waals surface area contributed by atoms with Crippen LogP contribution in [0.15, 0.2) is 60.7 Å². The summed E-state index contributed by atoms with van der Waals surface area (Å²) < 4.78 is 0. The molecular formula is C22H27N3S. The Morgan fingerprint density at radius 1 is 1.00 bits per heavy atom. The molecule has 2 aromatic carbocycles. The van der Waals surface area contributed by atoms with Crippen LogP contribution in [0.25, 0.3) is 6.08 Å². The first-order valence-corrected chi connectivity index (χ1v) is 9.74. The number of thiocarbonyl (C=S) groups is 1. The molecule has 0 spiro atoms. The van der Waals surface area contributed by atoms with Crippen LogP contribution in [0.4, 0.5) is 5.69 Å². The molecule has 2 aromatic rings. The lowest BCUT2D eigenvalue weighted by atomic mass is 10.1. The number of nitrogens with one attached hydrogen (secondary N) is 1. The van der Waals surface area contributed by atoms with Gasteiger partial charge in [-0.05, 0) is 41.9 Å². The number of piperazine rings is 1. The van der Waals surface area contributed by atoms with Gasteiger partial charge < -0.3 is 10.2 Å². The Kier molecular flexibility index (Phi) is 6.81. The largest absolute Gasteiger partial charge is 0.346 e. The molecule has 0 unspecified atom stereocenters. The lowest BCUT2D eigenvalue weighted by molar-refractivity contribution is 0.200. The number of nitrogens with zero attached hydrogens (tertiary/aromatic N) is 2. The summed E-state index contributed by atoms with van der Waals surface area (Å²) in [6.07, 6.45) is 5.50. The van der Waals surface area contributed by atoms with E-state index in [0.717, 1.165) is 49.9 Å². The van der Waals surface area contributed by atoms with Crippen molar-refractivity contribution in [2.45, 2.75) is 13.3 Å². The molecule has 3 nitrogen and oxygen atoms in total. The van der Waals surface area contributed by atoms with E-state index in [2.05, 4.69) is 82.7 Å².